The van der Waals surface area contributed by atoms with Gasteiger partial charge in [-0.05, 0) is 12.5 Å². The van der Waals surface area contributed by atoms with Crippen LogP contribution in [-0.4, -0.2) is 6.29 Å². The zero-order valence-electron chi connectivity index (χ0n) is 7.00. The fourth-order valence-electron chi connectivity index (χ4n) is 0.905. The smallest absolute Gasteiger partial charge is 0.150 e. The van der Waals surface area contributed by atoms with Crippen molar-refractivity contribution in [3.8, 4) is 11.8 Å². The predicted molar refractivity (Wildman–Crippen MR) is 49.0 cm³/mol. The Morgan fingerprint density at radius 3 is 2.50 bits per heavy atom. The van der Waals surface area contributed by atoms with Crippen molar-refractivity contribution in [3.63, 3.8) is 0 Å². The van der Waals surface area contributed by atoms with Crippen LogP contribution in [0.3, 0.4) is 0 Å². The Bertz CT molecular complexity index is 311. The van der Waals surface area contributed by atoms with Crippen LogP contribution in [0.5, 0.6) is 0 Å². The van der Waals surface area contributed by atoms with Crippen molar-refractivity contribution in [1.29, 1.82) is 0 Å². The molecule has 0 amide bonds. The highest BCUT2D eigenvalue weighted by atomic mass is 16.1. The first-order valence-electron chi connectivity index (χ1n) is 3.80. The van der Waals surface area contributed by atoms with E-state index in [0.29, 0.717) is 5.56 Å². The second-order valence-electron chi connectivity index (χ2n) is 2.46. The molecule has 0 aliphatic heterocycles. The molecular weight excluding hydrogens is 148 g/mol. The molecule has 0 radical (unpaired) electrons. The van der Waals surface area contributed by atoms with Gasteiger partial charge < -0.3 is 0 Å². The van der Waals surface area contributed by atoms with Gasteiger partial charge in [0, 0.05) is 12.0 Å². The van der Waals surface area contributed by atoms with Gasteiger partial charge in [0.05, 0.1) is 0 Å². The van der Waals surface area contributed by atoms with Gasteiger partial charge >= 0.3 is 0 Å². The number of carbonyl (C=O) groups excluding carboxylic acids is 1. The van der Waals surface area contributed by atoms with Crippen molar-refractivity contribution in [1.82, 2.24) is 0 Å². The Kier molecular flexibility index (Phi) is 3.10. The minimum absolute atomic E-state index is 0.711. The van der Waals surface area contributed by atoms with E-state index in [0.717, 1.165) is 18.3 Å². The minimum atomic E-state index is 0.711. The van der Waals surface area contributed by atoms with Crippen LogP contribution in [0, 0.1) is 11.8 Å². The van der Waals surface area contributed by atoms with E-state index in [1.165, 1.54) is 0 Å². The summed E-state index contributed by atoms with van der Waals surface area (Å²) in [5.41, 5.74) is 1.86. The second-order valence-corrected chi connectivity index (χ2v) is 2.46. The molecule has 1 heteroatoms. The molecule has 0 bridgehead atoms. The molecule has 0 heterocycles. The lowest BCUT2D eigenvalue weighted by atomic mass is 10.1. The molecule has 60 valence electrons. The van der Waals surface area contributed by atoms with Crippen LogP contribution in [0.4, 0.5) is 0 Å². The number of benzene rings is 1. The third-order valence-electron chi connectivity index (χ3n) is 1.59. The molecule has 1 rings (SSSR count). The zero-order chi connectivity index (χ0) is 8.81. The SMILES string of the molecule is CC#CCc1ccc(C=O)cc1. The molecule has 0 aliphatic rings. The molecule has 1 aromatic rings. The van der Waals surface area contributed by atoms with Gasteiger partial charge in [-0.3, -0.25) is 4.79 Å². The first-order valence-corrected chi connectivity index (χ1v) is 3.80. The fraction of sp³-hybridized carbons (Fsp3) is 0.182. The first kappa shape index (κ1) is 8.55. The van der Waals surface area contributed by atoms with E-state index >= 15 is 0 Å². The van der Waals surface area contributed by atoms with E-state index in [9.17, 15) is 4.79 Å². The third kappa shape index (κ3) is 2.25. The summed E-state index contributed by atoms with van der Waals surface area (Å²) in [6.07, 6.45) is 1.60. The normalized spacial score (nSPS) is 8.42. The average Bonchev–Trinajstić information content (AvgIpc) is 2.15. The monoisotopic (exact) mass is 158 g/mol. The zero-order valence-corrected chi connectivity index (χ0v) is 7.00. The maximum absolute atomic E-state index is 10.3. The van der Waals surface area contributed by atoms with Gasteiger partial charge in [0.15, 0.2) is 0 Å². The summed E-state index contributed by atoms with van der Waals surface area (Å²) in [5.74, 6) is 5.79. The molecule has 0 unspecified atom stereocenters. The first-order chi connectivity index (χ1) is 5.86. The summed E-state index contributed by atoms with van der Waals surface area (Å²) in [6.45, 7) is 1.82. The topological polar surface area (TPSA) is 17.1 Å². The number of rotatable bonds is 2. The van der Waals surface area contributed by atoms with Gasteiger partial charge in [-0.25, -0.2) is 0 Å². The van der Waals surface area contributed by atoms with Crippen molar-refractivity contribution >= 4 is 6.29 Å². The van der Waals surface area contributed by atoms with Crippen LogP contribution < -0.4 is 0 Å². The van der Waals surface area contributed by atoms with Crippen molar-refractivity contribution in [3.05, 3.63) is 35.4 Å². The highest BCUT2D eigenvalue weighted by Crippen LogP contribution is 2.02. The molecule has 0 spiro atoms. The third-order valence-corrected chi connectivity index (χ3v) is 1.59. The van der Waals surface area contributed by atoms with Crippen LogP contribution in [0.25, 0.3) is 0 Å². The molecule has 0 saturated carbocycles. The van der Waals surface area contributed by atoms with Crippen LogP contribution in [0.2, 0.25) is 0 Å². The Morgan fingerprint density at radius 1 is 1.33 bits per heavy atom. The lowest BCUT2D eigenvalue weighted by Crippen LogP contribution is -1.83. The fourth-order valence-corrected chi connectivity index (χ4v) is 0.905. The van der Waals surface area contributed by atoms with E-state index in [2.05, 4.69) is 11.8 Å². The molecule has 0 saturated heterocycles. The average molecular weight is 158 g/mol. The van der Waals surface area contributed by atoms with Crippen LogP contribution in [0.15, 0.2) is 24.3 Å². The lowest BCUT2D eigenvalue weighted by molar-refractivity contribution is 0.112. The van der Waals surface area contributed by atoms with Crippen molar-refractivity contribution < 1.29 is 4.79 Å². The summed E-state index contributed by atoms with van der Waals surface area (Å²) >= 11 is 0. The lowest BCUT2D eigenvalue weighted by Gasteiger charge is -1.93. The number of aldehydes is 1. The number of hydrogen-bond acceptors (Lipinski definition) is 1. The number of carbonyl (C=O) groups is 1. The predicted octanol–water partition coefficient (Wildman–Crippen LogP) is 2.06. The van der Waals surface area contributed by atoms with Crippen molar-refractivity contribution in [2.24, 2.45) is 0 Å². The van der Waals surface area contributed by atoms with Gasteiger partial charge in [-0.15, -0.1) is 5.92 Å². The summed E-state index contributed by atoms with van der Waals surface area (Å²) in [7, 11) is 0. The quantitative estimate of drug-likeness (QED) is 0.475. The molecule has 1 nitrogen and oxygen atoms in total. The van der Waals surface area contributed by atoms with Crippen molar-refractivity contribution in [2.45, 2.75) is 13.3 Å². The molecule has 0 fully saturated rings. The number of hydrogen-bond donors (Lipinski definition) is 0. The maximum atomic E-state index is 10.3. The highest BCUT2D eigenvalue weighted by Gasteiger charge is 1.90. The van der Waals surface area contributed by atoms with Gasteiger partial charge in [-0.2, -0.15) is 0 Å². The second kappa shape index (κ2) is 4.35. The van der Waals surface area contributed by atoms with Crippen LogP contribution >= 0.6 is 0 Å². The standard InChI is InChI=1S/C11H10O/c1-2-3-4-10-5-7-11(9-12)8-6-10/h5-9H,4H2,1H3. The molecule has 0 aromatic heterocycles. The summed E-state index contributed by atoms with van der Waals surface area (Å²) in [4.78, 5) is 10.3. The molecule has 0 N–H and O–H groups in total. The molecular formula is C11H10O. The molecule has 12 heavy (non-hydrogen) atoms. The Balaban J connectivity index is 2.75. The summed E-state index contributed by atoms with van der Waals surface area (Å²) in [6, 6.07) is 7.46. The minimum Gasteiger partial charge on any atom is -0.298 e. The van der Waals surface area contributed by atoms with E-state index in [1.54, 1.807) is 12.1 Å². The van der Waals surface area contributed by atoms with Gasteiger partial charge in [-0.1, -0.05) is 30.2 Å². The molecule has 0 atom stereocenters. The summed E-state index contributed by atoms with van der Waals surface area (Å²) in [5, 5.41) is 0. The van der Waals surface area contributed by atoms with Gasteiger partial charge in [0.2, 0.25) is 0 Å². The van der Waals surface area contributed by atoms with E-state index in [4.69, 9.17) is 0 Å². The largest absolute Gasteiger partial charge is 0.298 e. The summed E-state index contributed by atoms with van der Waals surface area (Å²) < 4.78 is 0. The Hall–Kier alpha value is -1.55. The van der Waals surface area contributed by atoms with E-state index in [-0.39, 0.29) is 0 Å². The molecule has 1 aromatic carbocycles. The van der Waals surface area contributed by atoms with E-state index in [1.807, 2.05) is 19.1 Å². The molecule has 0 aliphatic carbocycles. The van der Waals surface area contributed by atoms with Gasteiger partial charge in [0.25, 0.3) is 0 Å². The maximum Gasteiger partial charge on any atom is 0.150 e. The Morgan fingerprint density at radius 2 is 2.00 bits per heavy atom. The van der Waals surface area contributed by atoms with Crippen LogP contribution in [0.1, 0.15) is 22.8 Å². The van der Waals surface area contributed by atoms with Gasteiger partial charge in [0.1, 0.15) is 6.29 Å². The highest BCUT2D eigenvalue weighted by molar-refractivity contribution is 5.74. The van der Waals surface area contributed by atoms with Crippen LogP contribution in [-0.2, 0) is 6.42 Å². The Labute approximate surface area is 72.4 Å². The van der Waals surface area contributed by atoms with Crippen molar-refractivity contribution in [2.75, 3.05) is 0 Å². The van der Waals surface area contributed by atoms with E-state index < -0.39 is 0 Å².